The van der Waals surface area contributed by atoms with Gasteiger partial charge in [0.05, 0.1) is 0 Å². The van der Waals surface area contributed by atoms with Crippen molar-refractivity contribution in [3.63, 3.8) is 0 Å². The van der Waals surface area contributed by atoms with Crippen LogP contribution < -0.4 is 10.1 Å². The fourth-order valence-electron chi connectivity index (χ4n) is 2.23. The third-order valence-electron chi connectivity index (χ3n) is 3.12. The summed E-state index contributed by atoms with van der Waals surface area (Å²) in [5.41, 5.74) is 4.52. The first-order valence-electron chi connectivity index (χ1n) is 6.76. The predicted octanol–water partition coefficient (Wildman–Crippen LogP) is 4.76. The van der Waals surface area contributed by atoms with Crippen LogP contribution in [-0.4, -0.2) is 13.2 Å². The van der Waals surface area contributed by atoms with Crippen molar-refractivity contribution < 1.29 is 4.74 Å². The summed E-state index contributed by atoms with van der Waals surface area (Å²) in [6, 6.07) is 12.2. The lowest BCUT2D eigenvalue weighted by molar-refractivity contribution is 0.328. The van der Waals surface area contributed by atoms with Crippen molar-refractivity contribution in [3.8, 4) is 5.75 Å². The number of halogens is 1. The molecule has 3 heteroatoms. The summed E-state index contributed by atoms with van der Waals surface area (Å²) in [5.74, 6) is 0.931. The molecular formula is C17H20ClNO. The number of hydrogen-bond donors (Lipinski definition) is 1. The molecule has 0 unspecified atom stereocenters. The Morgan fingerprint density at radius 3 is 2.40 bits per heavy atom. The van der Waals surface area contributed by atoms with E-state index in [2.05, 4.69) is 30.4 Å². The molecule has 2 rings (SSSR count). The Balaban J connectivity index is 1.88. The van der Waals surface area contributed by atoms with E-state index >= 15 is 0 Å². The van der Waals surface area contributed by atoms with E-state index in [1.165, 1.54) is 5.56 Å². The maximum atomic E-state index is 6.01. The van der Waals surface area contributed by atoms with Gasteiger partial charge in [-0.25, -0.2) is 0 Å². The second-order valence-corrected chi connectivity index (χ2v) is 5.45. The lowest BCUT2D eigenvalue weighted by atomic mass is 10.1. The van der Waals surface area contributed by atoms with E-state index in [1.807, 2.05) is 32.0 Å². The zero-order valence-electron chi connectivity index (χ0n) is 12.2. The van der Waals surface area contributed by atoms with Gasteiger partial charge in [0.1, 0.15) is 12.4 Å². The number of nitrogens with one attached hydrogen (secondary N) is 1. The van der Waals surface area contributed by atoms with Crippen LogP contribution in [0.5, 0.6) is 5.75 Å². The summed E-state index contributed by atoms with van der Waals surface area (Å²) in [6.45, 7) is 7.51. The van der Waals surface area contributed by atoms with Gasteiger partial charge in [-0.1, -0.05) is 23.7 Å². The number of ether oxygens (including phenoxy) is 1. The fourth-order valence-corrected chi connectivity index (χ4v) is 2.56. The third-order valence-corrected chi connectivity index (χ3v) is 3.34. The zero-order chi connectivity index (χ0) is 14.5. The molecule has 0 spiro atoms. The van der Waals surface area contributed by atoms with E-state index in [9.17, 15) is 0 Å². The molecule has 0 amide bonds. The molecule has 1 N–H and O–H groups in total. The lowest BCUT2D eigenvalue weighted by Crippen LogP contribution is -2.12. The Morgan fingerprint density at radius 1 is 1.05 bits per heavy atom. The first kappa shape index (κ1) is 14.7. The van der Waals surface area contributed by atoms with Gasteiger partial charge >= 0.3 is 0 Å². The summed E-state index contributed by atoms with van der Waals surface area (Å²) >= 11 is 6.01. The first-order valence-corrected chi connectivity index (χ1v) is 7.14. The Labute approximate surface area is 125 Å². The van der Waals surface area contributed by atoms with E-state index < -0.39 is 0 Å². The molecule has 0 aliphatic rings. The molecule has 0 saturated heterocycles. The summed E-state index contributed by atoms with van der Waals surface area (Å²) in [6.07, 6.45) is 0. The molecule has 2 aromatic carbocycles. The Kier molecular flexibility index (Phi) is 4.91. The second-order valence-electron chi connectivity index (χ2n) is 5.01. The van der Waals surface area contributed by atoms with Crippen LogP contribution in [0.15, 0.2) is 36.4 Å². The highest BCUT2D eigenvalue weighted by atomic mass is 35.5. The quantitative estimate of drug-likeness (QED) is 0.802. The van der Waals surface area contributed by atoms with Gasteiger partial charge < -0.3 is 10.1 Å². The summed E-state index contributed by atoms with van der Waals surface area (Å²) in [4.78, 5) is 0. The highest BCUT2D eigenvalue weighted by Crippen LogP contribution is 2.26. The van der Waals surface area contributed by atoms with E-state index in [-0.39, 0.29) is 0 Å². The molecule has 2 nitrogen and oxygen atoms in total. The molecule has 0 heterocycles. The van der Waals surface area contributed by atoms with E-state index in [1.54, 1.807) is 0 Å². The van der Waals surface area contributed by atoms with E-state index in [0.29, 0.717) is 6.61 Å². The minimum Gasteiger partial charge on any atom is -0.491 e. The van der Waals surface area contributed by atoms with E-state index in [0.717, 1.165) is 34.1 Å². The first-order chi connectivity index (χ1) is 9.56. The molecule has 0 bridgehead atoms. The highest BCUT2D eigenvalue weighted by Gasteiger charge is 2.05. The molecule has 106 valence electrons. The number of aryl methyl sites for hydroxylation is 3. The number of rotatable bonds is 5. The molecule has 2 aromatic rings. The average molecular weight is 290 g/mol. The van der Waals surface area contributed by atoms with Crippen molar-refractivity contribution in [1.29, 1.82) is 0 Å². The van der Waals surface area contributed by atoms with Gasteiger partial charge in [0, 0.05) is 17.3 Å². The monoisotopic (exact) mass is 289 g/mol. The largest absolute Gasteiger partial charge is 0.491 e. The van der Waals surface area contributed by atoms with Crippen molar-refractivity contribution >= 4 is 17.3 Å². The number of benzene rings is 2. The van der Waals surface area contributed by atoms with Gasteiger partial charge in [-0.15, -0.1) is 0 Å². The normalized spacial score (nSPS) is 10.4. The molecule has 20 heavy (non-hydrogen) atoms. The van der Waals surface area contributed by atoms with Gasteiger partial charge in [-0.05, 0) is 61.7 Å². The summed E-state index contributed by atoms with van der Waals surface area (Å²) in [5, 5.41) is 4.11. The van der Waals surface area contributed by atoms with Crippen LogP contribution in [0.3, 0.4) is 0 Å². The van der Waals surface area contributed by atoms with Crippen molar-refractivity contribution in [1.82, 2.24) is 0 Å². The van der Waals surface area contributed by atoms with Gasteiger partial charge in [0.2, 0.25) is 0 Å². The molecule has 0 aromatic heterocycles. The fraction of sp³-hybridized carbons (Fsp3) is 0.294. The maximum absolute atomic E-state index is 6.01. The van der Waals surface area contributed by atoms with Crippen molar-refractivity contribution in [3.05, 3.63) is 58.1 Å². The second kappa shape index (κ2) is 6.67. The molecular weight excluding hydrogens is 270 g/mol. The van der Waals surface area contributed by atoms with Gasteiger partial charge in [-0.3, -0.25) is 0 Å². The van der Waals surface area contributed by atoms with Crippen LogP contribution in [0, 0.1) is 20.8 Å². The van der Waals surface area contributed by atoms with Gasteiger partial charge in [0.15, 0.2) is 0 Å². The van der Waals surface area contributed by atoms with Crippen molar-refractivity contribution in [2.24, 2.45) is 0 Å². The SMILES string of the molecule is Cc1cccc(NCCOc2c(C)cc(Cl)cc2C)c1. The Bertz CT molecular complexity index is 572. The summed E-state index contributed by atoms with van der Waals surface area (Å²) < 4.78 is 5.85. The topological polar surface area (TPSA) is 21.3 Å². The molecule has 0 radical (unpaired) electrons. The van der Waals surface area contributed by atoms with Crippen LogP contribution in [0.1, 0.15) is 16.7 Å². The average Bonchev–Trinajstić information content (AvgIpc) is 2.36. The minimum absolute atomic E-state index is 0.622. The Morgan fingerprint density at radius 2 is 1.75 bits per heavy atom. The molecule has 0 fully saturated rings. The Hall–Kier alpha value is -1.67. The predicted molar refractivity (Wildman–Crippen MR) is 86.1 cm³/mol. The van der Waals surface area contributed by atoms with Crippen molar-refractivity contribution in [2.45, 2.75) is 20.8 Å². The van der Waals surface area contributed by atoms with Crippen molar-refractivity contribution in [2.75, 3.05) is 18.5 Å². The third kappa shape index (κ3) is 3.91. The van der Waals surface area contributed by atoms with Crippen LogP contribution >= 0.6 is 11.6 Å². The zero-order valence-corrected chi connectivity index (χ0v) is 12.9. The molecule has 0 aliphatic heterocycles. The van der Waals surface area contributed by atoms with Crippen LogP contribution in [0.2, 0.25) is 5.02 Å². The number of hydrogen-bond acceptors (Lipinski definition) is 2. The molecule has 0 atom stereocenters. The highest BCUT2D eigenvalue weighted by molar-refractivity contribution is 6.30. The molecule has 0 saturated carbocycles. The van der Waals surface area contributed by atoms with Crippen LogP contribution in [0.25, 0.3) is 0 Å². The van der Waals surface area contributed by atoms with E-state index in [4.69, 9.17) is 16.3 Å². The maximum Gasteiger partial charge on any atom is 0.125 e. The van der Waals surface area contributed by atoms with Crippen LogP contribution in [0.4, 0.5) is 5.69 Å². The summed E-state index contributed by atoms with van der Waals surface area (Å²) in [7, 11) is 0. The lowest BCUT2D eigenvalue weighted by Gasteiger charge is -2.13. The van der Waals surface area contributed by atoms with Gasteiger partial charge in [-0.2, -0.15) is 0 Å². The van der Waals surface area contributed by atoms with Crippen LogP contribution in [-0.2, 0) is 0 Å². The molecule has 0 aliphatic carbocycles. The number of anilines is 1. The smallest absolute Gasteiger partial charge is 0.125 e. The standard InChI is InChI=1S/C17H20ClNO/c1-12-5-4-6-16(9-12)19-7-8-20-17-13(2)10-15(18)11-14(17)3/h4-6,9-11,19H,7-8H2,1-3H3. The minimum atomic E-state index is 0.622. The van der Waals surface area contributed by atoms with Gasteiger partial charge in [0.25, 0.3) is 0 Å².